The van der Waals surface area contributed by atoms with Crippen LogP contribution in [-0.2, 0) is 4.79 Å². The van der Waals surface area contributed by atoms with Gasteiger partial charge in [0.15, 0.2) is 0 Å². The molecule has 1 aliphatic rings. The fourth-order valence-electron chi connectivity index (χ4n) is 1.58. The number of carbonyl (C=O) groups is 1. The predicted molar refractivity (Wildman–Crippen MR) is 49.8 cm³/mol. The fraction of sp³-hybridized carbons (Fsp3) is 0.900. The number of hydrogen-bond donors (Lipinski definition) is 1. The topological polar surface area (TPSA) is 29.1 Å². The molecule has 1 aliphatic heterocycles. The van der Waals surface area contributed by atoms with Crippen LogP contribution in [0, 0.1) is 11.8 Å². The standard InChI is InChI=1S/C10H19NO/c1-7(2)8(3)6-9-4-5-10(12)11-9/h7-9H,4-6H2,1-3H3,(H,11,12). The third kappa shape index (κ3) is 2.50. The quantitative estimate of drug-likeness (QED) is 0.687. The van der Waals surface area contributed by atoms with Gasteiger partial charge in [-0.15, -0.1) is 0 Å². The van der Waals surface area contributed by atoms with Crippen molar-refractivity contribution in [1.29, 1.82) is 0 Å². The molecule has 2 heteroatoms. The summed E-state index contributed by atoms with van der Waals surface area (Å²) >= 11 is 0. The highest BCUT2D eigenvalue weighted by Gasteiger charge is 2.23. The second kappa shape index (κ2) is 3.92. The van der Waals surface area contributed by atoms with E-state index in [1.807, 2.05) is 0 Å². The Labute approximate surface area is 74.7 Å². The van der Waals surface area contributed by atoms with E-state index in [2.05, 4.69) is 26.1 Å². The van der Waals surface area contributed by atoms with Crippen LogP contribution in [-0.4, -0.2) is 11.9 Å². The van der Waals surface area contributed by atoms with E-state index in [-0.39, 0.29) is 5.91 Å². The van der Waals surface area contributed by atoms with E-state index in [0.717, 1.165) is 25.2 Å². The molecule has 1 amide bonds. The Morgan fingerprint density at radius 1 is 1.50 bits per heavy atom. The second-order valence-corrected chi connectivity index (χ2v) is 4.26. The van der Waals surface area contributed by atoms with Crippen LogP contribution in [0.25, 0.3) is 0 Å². The SMILES string of the molecule is CC(C)C(C)CC1CCC(=O)N1. The van der Waals surface area contributed by atoms with Crippen LogP contribution in [0.15, 0.2) is 0 Å². The average Bonchev–Trinajstić information content (AvgIpc) is 2.35. The molecule has 2 atom stereocenters. The van der Waals surface area contributed by atoms with Gasteiger partial charge in [-0.1, -0.05) is 20.8 Å². The lowest BCUT2D eigenvalue weighted by atomic mass is 9.91. The molecule has 2 nitrogen and oxygen atoms in total. The molecule has 0 radical (unpaired) electrons. The Morgan fingerprint density at radius 2 is 2.17 bits per heavy atom. The van der Waals surface area contributed by atoms with E-state index in [0.29, 0.717) is 12.0 Å². The molecule has 0 aliphatic carbocycles. The first-order valence-electron chi connectivity index (χ1n) is 4.89. The molecule has 1 fully saturated rings. The highest BCUT2D eigenvalue weighted by Crippen LogP contribution is 2.20. The van der Waals surface area contributed by atoms with Gasteiger partial charge in [0.05, 0.1) is 0 Å². The minimum absolute atomic E-state index is 0.232. The normalized spacial score (nSPS) is 26.0. The average molecular weight is 169 g/mol. The Morgan fingerprint density at radius 3 is 2.58 bits per heavy atom. The zero-order valence-electron chi connectivity index (χ0n) is 8.26. The molecular weight excluding hydrogens is 150 g/mol. The minimum Gasteiger partial charge on any atom is -0.353 e. The summed E-state index contributed by atoms with van der Waals surface area (Å²) in [5.74, 6) is 1.67. The lowest BCUT2D eigenvalue weighted by molar-refractivity contribution is -0.119. The first-order chi connectivity index (χ1) is 5.59. The van der Waals surface area contributed by atoms with Crippen molar-refractivity contribution in [2.24, 2.45) is 11.8 Å². The molecule has 2 unspecified atom stereocenters. The maximum atomic E-state index is 10.9. The van der Waals surface area contributed by atoms with Crippen molar-refractivity contribution in [2.75, 3.05) is 0 Å². The van der Waals surface area contributed by atoms with Crippen molar-refractivity contribution >= 4 is 5.91 Å². The van der Waals surface area contributed by atoms with E-state index >= 15 is 0 Å². The van der Waals surface area contributed by atoms with E-state index < -0.39 is 0 Å². The van der Waals surface area contributed by atoms with Crippen molar-refractivity contribution in [3.63, 3.8) is 0 Å². The molecule has 1 rings (SSSR count). The van der Waals surface area contributed by atoms with Gasteiger partial charge in [0.2, 0.25) is 5.91 Å². The first kappa shape index (κ1) is 9.56. The molecule has 1 saturated heterocycles. The van der Waals surface area contributed by atoms with E-state index in [1.54, 1.807) is 0 Å². The second-order valence-electron chi connectivity index (χ2n) is 4.26. The van der Waals surface area contributed by atoms with Gasteiger partial charge in [-0.25, -0.2) is 0 Å². The molecule has 70 valence electrons. The Kier molecular flexibility index (Phi) is 3.12. The van der Waals surface area contributed by atoms with Gasteiger partial charge in [0, 0.05) is 12.5 Å². The van der Waals surface area contributed by atoms with Crippen LogP contribution in [0.3, 0.4) is 0 Å². The number of amides is 1. The van der Waals surface area contributed by atoms with Gasteiger partial charge in [0.25, 0.3) is 0 Å². The van der Waals surface area contributed by atoms with Gasteiger partial charge < -0.3 is 5.32 Å². The summed E-state index contributed by atoms with van der Waals surface area (Å²) in [5, 5.41) is 3.00. The summed E-state index contributed by atoms with van der Waals surface area (Å²) < 4.78 is 0. The van der Waals surface area contributed by atoms with Crippen LogP contribution >= 0.6 is 0 Å². The minimum atomic E-state index is 0.232. The van der Waals surface area contributed by atoms with Gasteiger partial charge in [-0.05, 0) is 24.7 Å². The maximum absolute atomic E-state index is 10.9. The monoisotopic (exact) mass is 169 g/mol. The zero-order valence-corrected chi connectivity index (χ0v) is 8.26. The zero-order chi connectivity index (χ0) is 9.14. The predicted octanol–water partition coefficient (Wildman–Crippen LogP) is 1.95. The van der Waals surface area contributed by atoms with Crippen molar-refractivity contribution < 1.29 is 4.79 Å². The van der Waals surface area contributed by atoms with Crippen molar-refractivity contribution in [1.82, 2.24) is 5.32 Å². The molecule has 0 saturated carbocycles. The molecule has 1 N–H and O–H groups in total. The van der Waals surface area contributed by atoms with Crippen LogP contribution in [0.1, 0.15) is 40.0 Å². The van der Waals surface area contributed by atoms with E-state index in [4.69, 9.17) is 0 Å². The molecule has 1 heterocycles. The van der Waals surface area contributed by atoms with Crippen molar-refractivity contribution in [3.05, 3.63) is 0 Å². The molecule has 0 aromatic heterocycles. The molecule has 0 bridgehead atoms. The summed E-state index contributed by atoms with van der Waals surface area (Å²) in [6, 6.07) is 0.454. The number of hydrogen-bond acceptors (Lipinski definition) is 1. The van der Waals surface area contributed by atoms with Gasteiger partial charge in [0.1, 0.15) is 0 Å². The van der Waals surface area contributed by atoms with Crippen molar-refractivity contribution in [3.8, 4) is 0 Å². The molecule has 0 aromatic rings. The lowest BCUT2D eigenvalue weighted by Gasteiger charge is -2.19. The van der Waals surface area contributed by atoms with Crippen LogP contribution in [0.5, 0.6) is 0 Å². The third-order valence-electron chi connectivity index (χ3n) is 2.88. The van der Waals surface area contributed by atoms with Gasteiger partial charge in [-0.2, -0.15) is 0 Å². The van der Waals surface area contributed by atoms with Crippen LogP contribution in [0.4, 0.5) is 0 Å². The smallest absolute Gasteiger partial charge is 0.220 e. The maximum Gasteiger partial charge on any atom is 0.220 e. The Bertz CT molecular complexity index is 165. The summed E-state index contributed by atoms with van der Waals surface area (Å²) in [6.07, 6.45) is 2.91. The van der Waals surface area contributed by atoms with E-state index in [9.17, 15) is 4.79 Å². The summed E-state index contributed by atoms with van der Waals surface area (Å²) in [4.78, 5) is 10.9. The largest absolute Gasteiger partial charge is 0.353 e. The number of carbonyl (C=O) groups excluding carboxylic acids is 1. The third-order valence-corrected chi connectivity index (χ3v) is 2.88. The van der Waals surface area contributed by atoms with Crippen molar-refractivity contribution in [2.45, 2.75) is 46.1 Å². The molecule has 0 spiro atoms. The number of nitrogens with one attached hydrogen (secondary N) is 1. The van der Waals surface area contributed by atoms with Crippen LogP contribution < -0.4 is 5.32 Å². The number of rotatable bonds is 3. The fourth-order valence-corrected chi connectivity index (χ4v) is 1.58. The highest BCUT2D eigenvalue weighted by molar-refractivity contribution is 5.78. The highest BCUT2D eigenvalue weighted by atomic mass is 16.1. The Hall–Kier alpha value is -0.530. The summed E-state index contributed by atoms with van der Waals surface area (Å²) in [5.41, 5.74) is 0. The first-order valence-corrected chi connectivity index (χ1v) is 4.89. The molecular formula is C10H19NO. The van der Waals surface area contributed by atoms with E-state index in [1.165, 1.54) is 0 Å². The lowest BCUT2D eigenvalue weighted by Crippen LogP contribution is -2.28. The van der Waals surface area contributed by atoms with Gasteiger partial charge >= 0.3 is 0 Å². The Balaban J connectivity index is 2.27. The summed E-state index contributed by atoms with van der Waals surface area (Å²) in [6.45, 7) is 6.73. The van der Waals surface area contributed by atoms with Gasteiger partial charge in [-0.3, -0.25) is 4.79 Å². The molecule has 12 heavy (non-hydrogen) atoms. The molecule has 0 aromatic carbocycles. The summed E-state index contributed by atoms with van der Waals surface area (Å²) in [7, 11) is 0. The van der Waals surface area contributed by atoms with Crippen LogP contribution in [0.2, 0.25) is 0 Å².